The van der Waals surface area contributed by atoms with Gasteiger partial charge in [0.1, 0.15) is 0 Å². The fourth-order valence-corrected chi connectivity index (χ4v) is 3.08. The Bertz CT molecular complexity index is 690. The second-order valence-corrected chi connectivity index (χ2v) is 5.52. The molecular formula is C11H11N3O3S. The van der Waals surface area contributed by atoms with E-state index in [1.54, 1.807) is 0 Å². The number of H-pyrrole nitrogens is 1. The molecule has 0 spiro atoms. The zero-order chi connectivity index (χ0) is 13.3. The zero-order valence-electron chi connectivity index (χ0n) is 9.54. The molecule has 1 aromatic carbocycles. The molecule has 0 atom stereocenters. The molecule has 2 rings (SSSR count). The van der Waals surface area contributed by atoms with Crippen LogP contribution in [0.4, 0.5) is 0 Å². The van der Waals surface area contributed by atoms with Crippen molar-refractivity contribution in [1.82, 2.24) is 9.97 Å². The third kappa shape index (κ3) is 1.88. The van der Waals surface area contributed by atoms with Gasteiger partial charge in [-0.2, -0.15) is 0 Å². The van der Waals surface area contributed by atoms with Crippen LogP contribution < -0.4 is 5.73 Å². The lowest BCUT2D eigenvalue weighted by atomic mass is 10.1. The molecule has 0 radical (unpaired) electrons. The van der Waals surface area contributed by atoms with E-state index in [0.29, 0.717) is 5.56 Å². The molecule has 0 saturated carbocycles. The number of hydrogen-bond acceptors (Lipinski definition) is 4. The average Bonchev–Trinajstić information content (AvgIpc) is 2.82. The molecule has 1 amide bonds. The maximum absolute atomic E-state index is 12.2. The van der Waals surface area contributed by atoms with Crippen LogP contribution in [0.1, 0.15) is 15.9 Å². The van der Waals surface area contributed by atoms with Crippen LogP contribution >= 0.6 is 0 Å². The maximum Gasteiger partial charge on any atom is 0.249 e. The molecule has 0 saturated heterocycles. The number of primary amides is 1. The lowest BCUT2D eigenvalue weighted by Crippen LogP contribution is -2.15. The molecule has 2 aromatic rings. The van der Waals surface area contributed by atoms with Crippen molar-refractivity contribution in [1.29, 1.82) is 0 Å². The number of imidazole rings is 1. The maximum atomic E-state index is 12.2. The summed E-state index contributed by atoms with van der Waals surface area (Å²) in [4.78, 5) is 17.5. The largest absolute Gasteiger partial charge is 0.366 e. The third-order valence-corrected chi connectivity index (χ3v) is 4.32. The van der Waals surface area contributed by atoms with Crippen LogP contribution in [0.3, 0.4) is 0 Å². The third-order valence-electron chi connectivity index (χ3n) is 2.57. The number of benzene rings is 1. The molecule has 7 heteroatoms. The first kappa shape index (κ1) is 12.3. The van der Waals surface area contributed by atoms with Gasteiger partial charge in [-0.1, -0.05) is 6.07 Å². The molecule has 18 heavy (non-hydrogen) atoms. The van der Waals surface area contributed by atoms with Crippen molar-refractivity contribution in [3.8, 4) is 0 Å². The number of nitrogens with one attached hydrogen (secondary N) is 1. The number of sulfone groups is 1. The fraction of sp³-hybridized carbons (Fsp3) is 0.0909. The zero-order valence-corrected chi connectivity index (χ0v) is 10.4. The predicted octanol–water partition coefficient (Wildman–Crippen LogP) is 0.650. The lowest BCUT2D eigenvalue weighted by Gasteiger charge is -2.08. The summed E-state index contributed by atoms with van der Waals surface area (Å²) in [5.41, 5.74) is 5.69. The van der Waals surface area contributed by atoms with E-state index in [-0.39, 0.29) is 15.6 Å². The van der Waals surface area contributed by atoms with Crippen molar-refractivity contribution in [2.45, 2.75) is 17.0 Å². The van der Waals surface area contributed by atoms with E-state index >= 15 is 0 Å². The van der Waals surface area contributed by atoms with Crippen LogP contribution in [-0.2, 0) is 9.84 Å². The summed E-state index contributed by atoms with van der Waals surface area (Å²) in [5, 5.41) is -0.160. The number of carbonyl (C=O) groups excluding carboxylic acids is 1. The van der Waals surface area contributed by atoms with Gasteiger partial charge < -0.3 is 10.7 Å². The monoisotopic (exact) mass is 265 g/mol. The SMILES string of the molecule is Cc1c(C(N)=O)cccc1S(=O)(=O)c1ncc[nH]1. The minimum atomic E-state index is -3.76. The Balaban J connectivity index is 2.67. The van der Waals surface area contributed by atoms with E-state index in [2.05, 4.69) is 9.97 Å². The molecule has 3 N–H and O–H groups in total. The number of carbonyl (C=O) groups is 1. The second kappa shape index (κ2) is 4.26. The van der Waals surface area contributed by atoms with E-state index in [0.717, 1.165) is 0 Å². The van der Waals surface area contributed by atoms with Crippen molar-refractivity contribution < 1.29 is 13.2 Å². The molecule has 94 valence electrons. The summed E-state index contributed by atoms with van der Waals surface area (Å²) >= 11 is 0. The number of amides is 1. The summed E-state index contributed by atoms with van der Waals surface area (Å²) in [7, 11) is -3.76. The van der Waals surface area contributed by atoms with Crippen molar-refractivity contribution in [3.05, 3.63) is 41.7 Å². The summed E-state index contributed by atoms with van der Waals surface area (Å²) < 4.78 is 24.5. The van der Waals surface area contributed by atoms with E-state index in [4.69, 9.17) is 5.73 Å². The predicted molar refractivity (Wildman–Crippen MR) is 63.7 cm³/mol. The minimum Gasteiger partial charge on any atom is -0.366 e. The van der Waals surface area contributed by atoms with Gasteiger partial charge in [0.2, 0.25) is 20.9 Å². The molecule has 1 aromatic heterocycles. The molecule has 6 nitrogen and oxygen atoms in total. The average molecular weight is 265 g/mol. The molecule has 0 aliphatic carbocycles. The normalized spacial score (nSPS) is 11.4. The van der Waals surface area contributed by atoms with Gasteiger partial charge in [-0.05, 0) is 24.6 Å². The molecule has 0 aliphatic heterocycles. The minimum absolute atomic E-state index is 0.0220. The van der Waals surface area contributed by atoms with Gasteiger partial charge in [0.25, 0.3) is 0 Å². The van der Waals surface area contributed by atoms with E-state index in [1.807, 2.05) is 0 Å². The Morgan fingerprint density at radius 1 is 1.39 bits per heavy atom. The molecular weight excluding hydrogens is 254 g/mol. The highest BCUT2D eigenvalue weighted by Crippen LogP contribution is 2.23. The highest BCUT2D eigenvalue weighted by molar-refractivity contribution is 7.91. The van der Waals surface area contributed by atoms with Gasteiger partial charge in [0.15, 0.2) is 0 Å². The van der Waals surface area contributed by atoms with Gasteiger partial charge in [-0.3, -0.25) is 4.79 Å². The second-order valence-electron chi connectivity index (χ2n) is 3.69. The first-order valence-electron chi connectivity index (χ1n) is 5.08. The topological polar surface area (TPSA) is 106 Å². The van der Waals surface area contributed by atoms with E-state index in [1.165, 1.54) is 37.5 Å². The summed E-state index contributed by atoms with van der Waals surface area (Å²) in [6.07, 6.45) is 2.76. The Morgan fingerprint density at radius 3 is 2.67 bits per heavy atom. The van der Waals surface area contributed by atoms with Gasteiger partial charge >= 0.3 is 0 Å². The van der Waals surface area contributed by atoms with E-state index < -0.39 is 15.7 Å². The standard InChI is InChI=1S/C11H11N3O3S/c1-7-8(10(12)15)3-2-4-9(7)18(16,17)11-13-5-6-14-11/h2-6H,1H3,(H2,12,15)(H,13,14). The van der Waals surface area contributed by atoms with Gasteiger partial charge in [-0.15, -0.1) is 0 Å². The van der Waals surface area contributed by atoms with Crippen LogP contribution in [-0.4, -0.2) is 24.3 Å². The van der Waals surface area contributed by atoms with Gasteiger partial charge in [0, 0.05) is 18.0 Å². The number of nitrogens with two attached hydrogens (primary N) is 1. The molecule has 1 heterocycles. The first-order chi connectivity index (χ1) is 8.44. The van der Waals surface area contributed by atoms with Crippen LogP contribution in [0.2, 0.25) is 0 Å². The van der Waals surface area contributed by atoms with Crippen LogP contribution in [0.25, 0.3) is 0 Å². The Labute approximate surface area is 104 Å². The van der Waals surface area contributed by atoms with Crippen LogP contribution in [0.5, 0.6) is 0 Å². The van der Waals surface area contributed by atoms with Crippen molar-refractivity contribution >= 4 is 15.7 Å². The summed E-state index contributed by atoms with van der Waals surface area (Å²) in [5.74, 6) is -0.663. The number of hydrogen-bond donors (Lipinski definition) is 2. The smallest absolute Gasteiger partial charge is 0.249 e. The highest BCUT2D eigenvalue weighted by atomic mass is 32.2. The molecule has 0 bridgehead atoms. The molecule has 0 fully saturated rings. The van der Waals surface area contributed by atoms with E-state index in [9.17, 15) is 13.2 Å². The lowest BCUT2D eigenvalue weighted by molar-refractivity contribution is 0.0999. The Morgan fingerprint density at radius 2 is 2.11 bits per heavy atom. The van der Waals surface area contributed by atoms with Crippen molar-refractivity contribution in [2.75, 3.05) is 0 Å². The summed E-state index contributed by atoms with van der Waals surface area (Å²) in [6, 6.07) is 4.38. The van der Waals surface area contributed by atoms with Crippen LogP contribution in [0, 0.1) is 6.92 Å². The first-order valence-corrected chi connectivity index (χ1v) is 6.57. The molecule has 0 aliphatic rings. The number of aromatic amines is 1. The number of aromatic nitrogens is 2. The Kier molecular flexibility index (Phi) is 2.92. The van der Waals surface area contributed by atoms with Crippen molar-refractivity contribution in [2.24, 2.45) is 5.73 Å². The molecule has 0 unspecified atom stereocenters. The number of nitrogens with zero attached hydrogens (tertiary/aromatic N) is 1. The van der Waals surface area contributed by atoms with Crippen molar-refractivity contribution in [3.63, 3.8) is 0 Å². The number of rotatable bonds is 3. The van der Waals surface area contributed by atoms with Crippen LogP contribution in [0.15, 0.2) is 40.6 Å². The quantitative estimate of drug-likeness (QED) is 0.849. The van der Waals surface area contributed by atoms with Gasteiger partial charge in [0.05, 0.1) is 4.90 Å². The summed E-state index contributed by atoms with van der Waals surface area (Å²) in [6.45, 7) is 1.54. The van der Waals surface area contributed by atoms with Gasteiger partial charge in [-0.25, -0.2) is 13.4 Å². The fourth-order valence-electron chi connectivity index (χ4n) is 1.67. The highest BCUT2D eigenvalue weighted by Gasteiger charge is 2.24. The Hall–Kier alpha value is -2.15.